The molecule has 0 saturated carbocycles. The third-order valence-electron chi connectivity index (χ3n) is 4.61. The number of rotatable bonds is 10. The first-order valence-corrected chi connectivity index (χ1v) is 9.70. The number of fused-ring (bicyclic) bond motifs is 1. The second-order valence-electron chi connectivity index (χ2n) is 6.95. The predicted octanol–water partition coefficient (Wildman–Crippen LogP) is 0.841. The molecule has 0 bridgehead atoms. The fraction of sp³-hybridized carbons (Fsp3) is 0.364. The first-order chi connectivity index (χ1) is 14.9. The molecule has 168 valence electrons. The molecule has 0 aromatic heterocycles. The minimum Gasteiger partial charge on any atom is -0.504 e. The van der Waals surface area contributed by atoms with Gasteiger partial charge in [0.1, 0.15) is 48.4 Å². The van der Waals surface area contributed by atoms with Crippen LogP contribution in [-0.4, -0.2) is 71.3 Å². The zero-order valence-corrected chi connectivity index (χ0v) is 17.0. The Bertz CT molecular complexity index is 925. The van der Waals surface area contributed by atoms with Gasteiger partial charge in [-0.15, -0.1) is 0 Å². The second kappa shape index (κ2) is 10.4. The monoisotopic (exact) mass is 434 g/mol. The van der Waals surface area contributed by atoms with Gasteiger partial charge in [0.15, 0.2) is 11.5 Å². The van der Waals surface area contributed by atoms with E-state index in [1.165, 1.54) is 13.2 Å². The van der Waals surface area contributed by atoms with Gasteiger partial charge in [-0.1, -0.05) is 0 Å². The number of hydrogen-bond donors (Lipinski definition) is 5. The highest BCUT2D eigenvalue weighted by Crippen LogP contribution is 2.41. The van der Waals surface area contributed by atoms with E-state index in [1.807, 2.05) is 6.08 Å². The van der Waals surface area contributed by atoms with Crippen LogP contribution in [0.25, 0.3) is 5.76 Å². The molecule has 9 heteroatoms. The van der Waals surface area contributed by atoms with Crippen LogP contribution < -0.4 is 18.9 Å². The van der Waals surface area contributed by atoms with E-state index in [9.17, 15) is 15.3 Å². The molecule has 2 atom stereocenters. The zero-order chi connectivity index (χ0) is 22.4. The van der Waals surface area contributed by atoms with Crippen LogP contribution in [0.1, 0.15) is 11.1 Å². The lowest BCUT2D eigenvalue weighted by atomic mass is 10.0. The van der Waals surface area contributed by atoms with E-state index in [1.54, 1.807) is 24.3 Å². The van der Waals surface area contributed by atoms with Crippen molar-refractivity contribution in [2.75, 3.05) is 33.5 Å². The Morgan fingerprint density at radius 1 is 0.968 bits per heavy atom. The lowest BCUT2D eigenvalue weighted by molar-refractivity contribution is 0.0509. The standard InChI is InChI=1S/C22H26O9/c1-28-20-4-2-13(6-18(20)27)19-5-3-17-21(30-12-15(26)10-24)7-16(8-22(17)31-19)29-11-14(25)9-23/h2,4-8,14-15,23-27H,3,9-12H2,1H3. The Labute approximate surface area is 179 Å². The number of phenols is 1. The number of benzene rings is 2. The average molecular weight is 434 g/mol. The summed E-state index contributed by atoms with van der Waals surface area (Å²) in [4.78, 5) is 0. The molecule has 5 N–H and O–H groups in total. The Hall–Kier alpha value is -2.98. The highest BCUT2D eigenvalue weighted by Gasteiger charge is 2.22. The number of hydrogen-bond acceptors (Lipinski definition) is 9. The number of allylic oxidation sites excluding steroid dienone is 1. The van der Waals surface area contributed by atoms with E-state index in [2.05, 4.69) is 0 Å². The topological polar surface area (TPSA) is 138 Å². The first kappa shape index (κ1) is 22.7. The highest BCUT2D eigenvalue weighted by molar-refractivity contribution is 5.69. The lowest BCUT2D eigenvalue weighted by Gasteiger charge is -2.23. The van der Waals surface area contributed by atoms with Crippen LogP contribution >= 0.6 is 0 Å². The van der Waals surface area contributed by atoms with Gasteiger partial charge < -0.3 is 44.5 Å². The summed E-state index contributed by atoms with van der Waals surface area (Å²) in [6.07, 6.45) is 0.181. The largest absolute Gasteiger partial charge is 0.504 e. The first-order valence-electron chi connectivity index (χ1n) is 9.70. The van der Waals surface area contributed by atoms with Crippen molar-refractivity contribution in [2.45, 2.75) is 18.6 Å². The number of aliphatic hydroxyl groups excluding tert-OH is 4. The van der Waals surface area contributed by atoms with Crippen molar-refractivity contribution in [3.05, 3.63) is 47.5 Å². The van der Waals surface area contributed by atoms with Gasteiger partial charge in [-0.2, -0.15) is 0 Å². The fourth-order valence-corrected chi connectivity index (χ4v) is 2.96. The van der Waals surface area contributed by atoms with Crippen LogP contribution in [0.15, 0.2) is 36.4 Å². The smallest absolute Gasteiger partial charge is 0.160 e. The molecular formula is C22H26O9. The number of ether oxygens (including phenoxy) is 4. The molecule has 1 aliphatic rings. The fourth-order valence-electron chi connectivity index (χ4n) is 2.96. The van der Waals surface area contributed by atoms with Crippen molar-refractivity contribution in [3.8, 4) is 28.7 Å². The molecule has 2 unspecified atom stereocenters. The Morgan fingerprint density at radius 2 is 1.68 bits per heavy atom. The van der Waals surface area contributed by atoms with Crippen molar-refractivity contribution in [3.63, 3.8) is 0 Å². The molecule has 0 spiro atoms. The van der Waals surface area contributed by atoms with Crippen LogP contribution in [0.4, 0.5) is 0 Å². The Morgan fingerprint density at radius 3 is 2.32 bits per heavy atom. The van der Waals surface area contributed by atoms with Crippen LogP contribution in [0, 0.1) is 0 Å². The van der Waals surface area contributed by atoms with Crippen molar-refractivity contribution < 1.29 is 44.5 Å². The third-order valence-corrected chi connectivity index (χ3v) is 4.61. The van der Waals surface area contributed by atoms with E-state index >= 15 is 0 Å². The summed E-state index contributed by atoms with van der Waals surface area (Å²) in [6.45, 7) is -1.15. The predicted molar refractivity (Wildman–Crippen MR) is 111 cm³/mol. The molecule has 31 heavy (non-hydrogen) atoms. The van der Waals surface area contributed by atoms with Crippen molar-refractivity contribution in [2.24, 2.45) is 0 Å². The van der Waals surface area contributed by atoms with Gasteiger partial charge in [0.25, 0.3) is 0 Å². The number of methoxy groups -OCH3 is 1. The van der Waals surface area contributed by atoms with Crippen LogP contribution in [0.5, 0.6) is 28.7 Å². The quantitative estimate of drug-likeness (QED) is 0.368. The van der Waals surface area contributed by atoms with E-state index in [0.717, 1.165) is 0 Å². The summed E-state index contributed by atoms with van der Waals surface area (Å²) in [5.41, 5.74) is 1.35. The minimum absolute atomic E-state index is 0.0209. The molecule has 2 aromatic carbocycles. The van der Waals surface area contributed by atoms with Gasteiger partial charge in [0, 0.05) is 29.7 Å². The van der Waals surface area contributed by atoms with E-state index in [4.69, 9.17) is 29.2 Å². The number of phenolic OH excluding ortho intramolecular Hbond substituents is 1. The van der Waals surface area contributed by atoms with Crippen molar-refractivity contribution in [1.29, 1.82) is 0 Å². The Balaban J connectivity index is 1.88. The normalized spacial score (nSPS) is 14.7. The summed E-state index contributed by atoms with van der Waals surface area (Å²) in [5, 5.41) is 47.2. The molecule has 0 saturated heterocycles. The van der Waals surface area contributed by atoms with E-state index in [-0.39, 0.29) is 19.0 Å². The summed E-state index contributed by atoms with van der Waals surface area (Å²) in [6, 6.07) is 8.13. The molecule has 3 rings (SSSR count). The van der Waals surface area contributed by atoms with Crippen LogP contribution in [-0.2, 0) is 6.42 Å². The van der Waals surface area contributed by atoms with E-state index in [0.29, 0.717) is 46.3 Å². The summed E-state index contributed by atoms with van der Waals surface area (Å²) < 4.78 is 22.3. The molecule has 0 radical (unpaired) electrons. The molecule has 0 fully saturated rings. The maximum atomic E-state index is 10.1. The molecule has 1 aliphatic heterocycles. The van der Waals surface area contributed by atoms with Crippen molar-refractivity contribution in [1.82, 2.24) is 0 Å². The van der Waals surface area contributed by atoms with Gasteiger partial charge in [0.2, 0.25) is 0 Å². The lowest BCUT2D eigenvalue weighted by Crippen LogP contribution is -2.22. The SMILES string of the molecule is COc1ccc(C2=CCc3c(OCC(O)CO)cc(OCC(O)CO)cc3O2)cc1O. The molecule has 9 nitrogen and oxygen atoms in total. The number of aromatic hydroxyl groups is 1. The minimum atomic E-state index is -1.05. The summed E-state index contributed by atoms with van der Waals surface area (Å²) in [7, 11) is 1.46. The molecule has 0 amide bonds. The number of aliphatic hydroxyl groups is 4. The molecular weight excluding hydrogens is 408 g/mol. The Kier molecular flexibility index (Phi) is 7.59. The average Bonchev–Trinajstić information content (AvgIpc) is 2.80. The van der Waals surface area contributed by atoms with Crippen LogP contribution in [0.3, 0.4) is 0 Å². The highest BCUT2D eigenvalue weighted by atomic mass is 16.5. The second-order valence-corrected chi connectivity index (χ2v) is 6.95. The van der Waals surface area contributed by atoms with Gasteiger partial charge in [-0.3, -0.25) is 0 Å². The maximum Gasteiger partial charge on any atom is 0.160 e. The zero-order valence-electron chi connectivity index (χ0n) is 17.0. The molecule has 1 heterocycles. The molecule has 0 aliphatic carbocycles. The van der Waals surface area contributed by atoms with Gasteiger partial charge >= 0.3 is 0 Å². The van der Waals surface area contributed by atoms with Crippen LogP contribution in [0.2, 0.25) is 0 Å². The maximum absolute atomic E-state index is 10.1. The summed E-state index contributed by atoms with van der Waals surface area (Å²) >= 11 is 0. The van der Waals surface area contributed by atoms with Gasteiger partial charge in [-0.25, -0.2) is 0 Å². The summed E-state index contributed by atoms with van der Waals surface area (Å²) in [5.74, 6) is 2.01. The van der Waals surface area contributed by atoms with Crippen molar-refractivity contribution >= 4 is 5.76 Å². The third kappa shape index (κ3) is 5.59. The molecule has 2 aromatic rings. The van der Waals surface area contributed by atoms with Gasteiger partial charge in [-0.05, 0) is 24.3 Å². The van der Waals surface area contributed by atoms with E-state index < -0.39 is 25.4 Å². The van der Waals surface area contributed by atoms with Gasteiger partial charge in [0.05, 0.1) is 20.3 Å².